The van der Waals surface area contributed by atoms with E-state index in [0.29, 0.717) is 6.07 Å². The normalized spacial score (nSPS) is 11.3. The van der Waals surface area contributed by atoms with Gasteiger partial charge < -0.3 is 4.74 Å². The summed E-state index contributed by atoms with van der Waals surface area (Å²) in [7, 11) is 0. The van der Waals surface area contributed by atoms with Gasteiger partial charge in [0.15, 0.2) is 17.9 Å². The van der Waals surface area contributed by atoms with E-state index in [4.69, 9.17) is 4.74 Å². The Balaban J connectivity index is 2.42. The summed E-state index contributed by atoms with van der Waals surface area (Å²) in [5, 5.41) is 0. The standard InChI is InChI=1S/C14H7F5O2/c15-11-2-1-3-12(13(11)16)21-9-5-4-8(7-20)10(6-9)14(17,18)19/h1-7H. The van der Waals surface area contributed by atoms with Crippen LogP contribution in [0.5, 0.6) is 11.5 Å². The molecule has 21 heavy (non-hydrogen) atoms. The topological polar surface area (TPSA) is 26.3 Å². The average molecular weight is 302 g/mol. The fourth-order valence-corrected chi connectivity index (χ4v) is 1.64. The summed E-state index contributed by atoms with van der Waals surface area (Å²) in [6, 6.07) is 5.57. The van der Waals surface area contributed by atoms with Crippen LogP contribution in [-0.4, -0.2) is 6.29 Å². The van der Waals surface area contributed by atoms with Gasteiger partial charge in [-0.1, -0.05) is 6.07 Å². The van der Waals surface area contributed by atoms with Crippen molar-refractivity contribution in [1.82, 2.24) is 0 Å². The second kappa shape index (κ2) is 5.51. The van der Waals surface area contributed by atoms with E-state index >= 15 is 0 Å². The average Bonchev–Trinajstić information content (AvgIpc) is 2.43. The number of carbonyl (C=O) groups is 1. The van der Waals surface area contributed by atoms with Crippen LogP contribution >= 0.6 is 0 Å². The Morgan fingerprint density at radius 1 is 1.05 bits per heavy atom. The molecule has 0 aliphatic carbocycles. The summed E-state index contributed by atoms with van der Waals surface area (Å²) in [6.07, 6.45) is -4.72. The highest BCUT2D eigenvalue weighted by Gasteiger charge is 2.33. The maximum atomic E-state index is 13.4. The number of halogens is 5. The molecule has 0 saturated heterocycles. The lowest BCUT2D eigenvalue weighted by Gasteiger charge is -2.12. The van der Waals surface area contributed by atoms with Crippen molar-refractivity contribution in [3.05, 3.63) is 59.2 Å². The Bertz CT molecular complexity index is 680. The lowest BCUT2D eigenvalue weighted by atomic mass is 10.1. The molecule has 0 saturated carbocycles. The Morgan fingerprint density at radius 2 is 1.76 bits per heavy atom. The molecule has 0 N–H and O–H groups in total. The van der Waals surface area contributed by atoms with E-state index in [-0.39, 0.29) is 12.0 Å². The molecule has 0 aliphatic rings. The van der Waals surface area contributed by atoms with Gasteiger partial charge in [0.25, 0.3) is 0 Å². The molecule has 0 bridgehead atoms. The van der Waals surface area contributed by atoms with Gasteiger partial charge in [0.05, 0.1) is 5.56 Å². The third-order valence-electron chi connectivity index (χ3n) is 2.60. The van der Waals surface area contributed by atoms with Crippen molar-refractivity contribution < 1.29 is 31.5 Å². The molecule has 2 aromatic carbocycles. The van der Waals surface area contributed by atoms with E-state index < -0.39 is 34.7 Å². The lowest BCUT2D eigenvalue weighted by molar-refractivity contribution is -0.137. The highest BCUT2D eigenvalue weighted by Crippen LogP contribution is 2.35. The lowest BCUT2D eigenvalue weighted by Crippen LogP contribution is -2.09. The molecule has 0 aromatic heterocycles. The van der Waals surface area contributed by atoms with Crippen LogP contribution in [0.15, 0.2) is 36.4 Å². The molecule has 0 fully saturated rings. The summed E-state index contributed by atoms with van der Waals surface area (Å²) < 4.78 is 69.5. The van der Waals surface area contributed by atoms with Crippen LogP contribution < -0.4 is 4.74 Å². The first-order chi connectivity index (χ1) is 9.82. The Kier molecular flexibility index (Phi) is 3.93. The number of rotatable bonds is 3. The zero-order valence-corrected chi connectivity index (χ0v) is 10.2. The monoisotopic (exact) mass is 302 g/mol. The Hall–Kier alpha value is -2.44. The smallest absolute Gasteiger partial charge is 0.417 e. The van der Waals surface area contributed by atoms with Crippen LogP contribution in [0.2, 0.25) is 0 Å². The molecule has 7 heteroatoms. The van der Waals surface area contributed by atoms with Gasteiger partial charge in [-0.15, -0.1) is 0 Å². The van der Waals surface area contributed by atoms with Gasteiger partial charge in [0, 0.05) is 5.56 Å². The molecule has 110 valence electrons. The molecule has 0 aliphatic heterocycles. The highest BCUT2D eigenvalue weighted by atomic mass is 19.4. The maximum absolute atomic E-state index is 13.4. The molecule has 0 spiro atoms. The number of benzene rings is 2. The van der Waals surface area contributed by atoms with Crippen LogP contribution in [0.3, 0.4) is 0 Å². The zero-order valence-electron chi connectivity index (χ0n) is 10.2. The molecule has 0 atom stereocenters. The Morgan fingerprint density at radius 3 is 2.38 bits per heavy atom. The number of aldehydes is 1. The third kappa shape index (κ3) is 3.18. The number of hydrogen-bond acceptors (Lipinski definition) is 2. The van der Waals surface area contributed by atoms with Crippen LogP contribution in [-0.2, 0) is 6.18 Å². The van der Waals surface area contributed by atoms with Crippen LogP contribution in [0.25, 0.3) is 0 Å². The van der Waals surface area contributed by atoms with E-state index in [1.54, 1.807) is 0 Å². The van der Waals surface area contributed by atoms with Crippen molar-refractivity contribution in [2.24, 2.45) is 0 Å². The Labute approximate surface area is 115 Å². The molecule has 0 amide bonds. The van der Waals surface area contributed by atoms with Gasteiger partial charge in [0.2, 0.25) is 5.82 Å². The van der Waals surface area contributed by atoms with Crippen molar-refractivity contribution in [3.8, 4) is 11.5 Å². The van der Waals surface area contributed by atoms with Gasteiger partial charge in [-0.05, 0) is 30.3 Å². The third-order valence-corrected chi connectivity index (χ3v) is 2.60. The number of alkyl halides is 3. The molecule has 2 rings (SSSR count). The van der Waals surface area contributed by atoms with Crippen molar-refractivity contribution in [2.45, 2.75) is 6.18 Å². The van der Waals surface area contributed by atoms with Gasteiger partial charge >= 0.3 is 6.18 Å². The second-order valence-electron chi connectivity index (χ2n) is 4.02. The number of carbonyl (C=O) groups excluding carboxylic acids is 1. The molecule has 0 radical (unpaired) electrons. The molecular formula is C14H7F5O2. The van der Waals surface area contributed by atoms with Crippen LogP contribution in [0.1, 0.15) is 15.9 Å². The molecule has 0 heterocycles. The van der Waals surface area contributed by atoms with Crippen molar-refractivity contribution >= 4 is 6.29 Å². The molecule has 2 aromatic rings. The fourth-order valence-electron chi connectivity index (χ4n) is 1.64. The number of ether oxygens (including phenoxy) is 1. The predicted octanol–water partition coefficient (Wildman–Crippen LogP) is 4.59. The SMILES string of the molecule is O=Cc1ccc(Oc2cccc(F)c2F)cc1C(F)(F)F. The van der Waals surface area contributed by atoms with Gasteiger partial charge in [-0.2, -0.15) is 17.6 Å². The first-order valence-corrected chi connectivity index (χ1v) is 5.61. The molecule has 2 nitrogen and oxygen atoms in total. The fraction of sp³-hybridized carbons (Fsp3) is 0.0714. The van der Waals surface area contributed by atoms with Crippen LogP contribution in [0.4, 0.5) is 22.0 Å². The van der Waals surface area contributed by atoms with E-state index in [1.165, 1.54) is 0 Å². The summed E-state index contributed by atoms with van der Waals surface area (Å²) in [4.78, 5) is 10.6. The summed E-state index contributed by atoms with van der Waals surface area (Å²) >= 11 is 0. The van der Waals surface area contributed by atoms with Crippen molar-refractivity contribution in [2.75, 3.05) is 0 Å². The first kappa shape index (κ1) is 15.0. The van der Waals surface area contributed by atoms with Gasteiger partial charge in [0.1, 0.15) is 5.75 Å². The van der Waals surface area contributed by atoms with Crippen molar-refractivity contribution in [3.63, 3.8) is 0 Å². The zero-order chi connectivity index (χ0) is 15.6. The van der Waals surface area contributed by atoms with E-state index in [1.807, 2.05) is 0 Å². The minimum absolute atomic E-state index is 0.0510. The van der Waals surface area contributed by atoms with Crippen LogP contribution in [0, 0.1) is 11.6 Å². The first-order valence-electron chi connectivity index (χ1n) is 5.61. The van der Waals surface area contributed by atoms with Crippen molar-refractivity contribution in [1.29, 1.82) is 0 Å². The van der Waals surface area contributed by atoms with Gasteiger partial charge in [-0.3, -0.25) is 4.79 Å². The minimum Gasteiger partial charge on any atom is -0.454 e. The highest BCUT2D eigenvalue weighted by molar-refractivity contribution is 5.78. The summed E-state index contributed by atoms with van der Waals surface area (Å²) in [5.74, 6) is -3.42. The largest absolute Gasteiger partial charge is 0.454 e. The van der Waals surface area contributed by atoms with Gasteiger partial charge in [-0.25, -0.2) is 4.39 Å². The molecular weight excluding hydrogens is 295 g/mol. The minimum atomic E-state index is -4.77. The van der Waals surface area contributed by atoms with E-state index in [9.17, 15) is 26.7 Å². The summed E-state index contributed by atoms with van der Waals surface area (Å²) in [6.45, 7) is 0. The number of hydrogen-bond donors (Lipinski definition) is 0. The van der Waals surface area contributed by atoms with E-state index in [2.05, 4.69) is 0 Å². The maximum Gasteiger partial charge on any atom is 0.417 e. The summed E-state index contributed by atoms with van der Waals surface area (Å²) in [5.41, 5.74) is -1.79. The second-order valence-corrected chi connectivity index (χ2v) is 4.02. The predicted molar refractivity (Wildman–Crippen MR) is 63.3 cm³/mol. The quantitative estimate of drug-likeness (QED) is 0.612. The molecule has 0 unspecified atom stereocenters. The van der Waals surface area contributed by atoms with E-state index in [0.717, 1.165) is 30.3 Å².